The van der Waals surface area contributed by atoms with Crippen molar-refractivity contribution in [2.24, 2.45) is 5.92 Å². The van der Waals surface area contributed by atoms with Gasteiger partial charge in [-0.1, -0.05) is 6.92 Å². The average molecular weight is 364 g/mol. The number of hydrogen-bond acceptors (Lipinski definition) is 4. The maximum absolute atomic E-state index is 12.8. The first-order valence-electron chi connectivity index (χ1n) is 8.64. The molecule has 0 bridgehead atoms. The van der Waals surface area contributed by atoms with Gasteiger partial charge in [0.1, 0.15) is 12.7 Å². The molecule has 1 aromatic carbocycles. The van der Waals surface area contributed by atoms with Gasteiger partial charge in [-0.15, -0.1) is 12.4 Å². The summed E-state index contributed by atoms with van der Waals surface area (Å²) in [5.41, 5.74) is 2.68. The molecular formula is C18H26ClN5O. The number of aromatic nitrogens is 3. The summed E-state index contributed by atoms with van der Waals surface area (Å²) in [6, 6.07) is 5.81. The van der Waals surface area contributed by atoms with Gasteiger partial charge in [0.15, 0.2) is 0 Å². The minimum atomic E-state index is 0. The molecule has 1 aromatic heterocycles. The van der Waals surface area contributed by atoms with E-state index in [1.807, 2.05) is 30.0 Å². The maximum Gasteiger partial charge on any atom is 0.254 e. The molecule has 0 saturated carbocycles. The largest absolute Gasteiger partial charge is 0.339 e. The van der Waals surface area contributed by atoms with Crippen LogP contribution in [0, 0.1) is 12.8 Å². The molecule has 1 N–H and O–H groups in total. The fourth-order valence-electron chi connectivity index (χ4n) is 3.23. The maximum atomic E-state index is 12.8. The quantitative estimate of drug-likeness (QED) is 0.886. The van der Waals surface area contributed by atoms with Crippen LogP contribution in [0.25, 0.3) is 5.69 Å². The van der Waals surface area contributed by atoms with Crippen molar-refractivity contribution in [2.75, 3.05) is 26.2 Å². The summed E-state index contributed by atoms with van der Waals surface area (Å²) in [4.78, 5) is 18.8. The van der Waals surface area contributed by atoms with E-state index in [0.717, 1.165) is 55.8 Å². The molecule has 1 aliphatic rings. The minimum Gasteiger partial charge on any atom is -0.339 e. The predicted molar refractivity (Wildman–Crippen MR) is 101 cm³/mol. The second-order valence-electron chi connectivity index (χ2n) is 6.38. The molecule has 0 atom stereocenters. The molecule has 3 rings (SSSR count). The summed E-state index contributed by atoms with van der Waals surface area (Å²) < 4.78 is 1.70. The Morgan fingerprint density at radius 3 is 2.68 bits per heavy atom. The Morgan fingerprint density at radius 1 is 1.32 bits per heavy atom. The van der Waals surface area contributed by atoms with E-state index in [9.17, 15) is 4.79 Å². The molecule has 25 heavy (non-hydrogen) atoms. The van der Waals surface area contributed by atoms with Crippen LogP contribution >= 0.6 is 12.4 Å². The molecule has 2 aromatic rings. The van der Waals surface area contributed by atoms with Crippen LogP contribution < -0.4 is 5.32 Å². The van der Waals surface area contributed by atoms with Crippen LogP contribution in [0.1, 0.15) is 35.7 Å². The van der Waals surface area contributed by atoms with Crippen LogP contribution in [0.3, 0.4) is 0 Å². The van der Waals surface area contributed by atoms with Gasteiger partial charge in [-0.25, -0.2) is 9.67 Å². The zero-order valence-electron chi connectivity index (χ0n) is 14.8. The second-order valence-corrected chi connectivity index (χ2v) is 6.38. The molecule has 0 aliphatic carbocycles. The summed E-state index contributed by atoms with van der Waals surface area (Å²) in [5.74, 6) is 0.823. The van der Waals surface area contributed by atoms with E-state index in [4.69, 9.17) is 0 Å². The summed E-state index contributed by atoms with van der Waals surface area (Å²) in [6.45, 7) is 7.87. The molecule has 6 nitrogen and oxygen atoms in total. The van der Waals surface area contributed by atoms with Crippen LogP contribution in [-0.4, -0.2) is 51.8 Å². The van der Waals surface area contributed by atoms with E-state index < -0.39 is 0 Å². The molecule has 7 heteroatoms. The zero-order chi connectivity index (χ0) is 16.9. The Bertz CT molecular complexity index is 681. The Balaban J connectivity index is 0.00000225. The lowest BCUT2D eigenvalue weighted by atomic mass is 9.95. The smallest absolute Gasteiger partial charge is 0.254 e. The van der Waals surface area contributed by atoms with Crippen molar-refractivity contribution in [1.82, 2.24) is 25.0 Å². The number of likely N-dealkylation sites (tertiary alicyclic amines) is 1. The highest BCUT2D eigenvalue weighted by atomic mass is 35.5. The number of carbonyl (C=O) groups is 1. The summed E-state index contributed by atoms with van der Waals surface area (Å²) in [7, 11) is 0. The number of amides is 1. The van der Waals surface area contributed by atoms with Crippen molar-refractivity contribution in [2.45, 2.75) is 26.7 Å². The number of nitrogens with zero attached hydrogens (tertiary/aromatic N) is 4. The molecular weight excluding hydrogens is 338 g/mol. The first-order valence-corrected chi connectivity index (χ1v) is 8.64. The number of nitrogens with one attached hydrogen (secondary N) is 1. The van der Waals surface area contributed by atoms with Crippen molar-refractivity contribution in [3.05, 3.63) is 42.0 Å². The average Bonchev–Trinajstić information content (AvgIpc) is 3.14. The third kappa shape index (κ3) is 4.58. The van der Waals surface area contributed by atoms with E-state index >= 15 is 0 Å². The highest BCUT2D eigenvalue weighted by molar-refractivity contribution is 5.96. The number of benzene rings is 1. The molecule has 0 radical (unpaired) electrons. The standard InChI is InChI=1S/C18H25N5O.ClH/c1-3-19-11-15-6-8-22(9-7-15)18(24)17-5-4-16(10-14(17)2)23-13-20-12-21-23;/h4-5,10,12-13,15,19H,3,6-9,11H2,1-2H3;1H. The van der Waals surface area contributed by atoms with Gasteiger partial charge in [0.25, 0.3) is 5.91 Å². The van der Waals surface area contributed by atoms with Crippen molar-refractivity contribution >= 4 is 18.3 Å². The number of carbonyl (C=O) groups excluding carboxylic acids is 1. The molecule has 1 fully saturated rings. The number of piperidine rings is 1. The third-order valence-electron chi connectivity index (χ3n) is 4.71. The van der Waals surface area contributed by atoms with Crippen molar-refractivity contribution < 1.29 is 4.79 Å². The normalized spacial score (nSPS) is 15.0. The number of halogens is 1. The SMILES string of the molecule is CCNCC1CCN(C(=O)c2ccc(-n3cncn3)cc2C)CC1.Cl. The zero-order valence-corrected chi connectivity index (χ0v) is 15.6. The van der Waals surface area contributed by atoms with Gasteiger partial charge in [-0.2, -0.15) is 5.10 Å². The Kier molecular flexibility index (Phi) is 6.96. The van der Waals surface area contributed by atoms with E-state index in [-0.39, 0.29) is 18.3 Å². The van der Waals surface area contributed by atoms with Gasteiger partial charge in [-0.05, 0) is 62.5 Å². The lowest BCUT2D eigenvalue weighted by Crippen LogP contribution is -2.41. The molecule has 0 unspecified atom stereocenters. The summed E-state index contributed by atoms with van der Waals surface area (Å²) in [5, 5.41) is 7.53. The predicted octanol–water partition coefficient (Wildman–Crippen LogP) is 2.46. The fraction of sp³-hybridized carbons (Fsp3) is 0.500. The highest BCUT2D eigenvalue weighted by Gasteiger charge is 2.24. The third-order valence-corrected chi connectivity index (χ3v) is 4.71. The van der Waals surface area contributed by atoms with Crippen molar-refractivity contribution in [3.63, 3.8) is 0 Å². The first-order chi connectivity index (χ1) is 11.7. The lowest BCUT2D eigenvalue weighted by molar-refractivity contribution is 0.0689. The lowest BCUT2D eigenvalue weighted by Gasteiger charge is -2.32. The van der Waals surface area contributed by atoms with Crippen LogP contribution in [0.2, 0.25) is 0 Å². The second kappa shape index (κ2) is 8.97. The van der Waals surface area contributed by atoms with Gasteiger partial charge in [0.2, 0.25) is 0 Å². The molecule has 136 valence electrons. The monoisotopic (exact) mass is 363 g/mol. The van der Waals surface area contributed by atoms with Gasteiger partial charge in [0, 0.05) is 18.7 Å². The fourth-order valence-corrected chi connectivity index (χ4v) is 3.23. The number of aryl methyl sites for hydroxylation is 1. The highest BCUT2D eigenvalue weighted by Crippen LogP contribution is 2.21. The Morgan fingerprint density at radius 2 is 2.08 bits per heavy atom. The van der Waals surface area contributed by atoms with Crippen molar-refractivity contribution in [3.8, 4) is 5.69 Å². The van der Waals surface area contributed by atoms with Crippen molar-refractivity contribution in [1.29, 1.82) is 0 Å². The van der Waals surface area contributed by atoms with Crippen LogP contribution in [0.5, 0.6) is 0 Å². The Labute approximate surface area is 155 Å². The van der Waals surface area contributed by atoms with Crippen LogP contribution in [0.15, 0.2) is 30.9 Å². The van der Waals surface area contributed by atoms with Gasteiger partial charge in [0.05, 0.1) is 5.69 Å². The topological polar surface area (TPSA) is 63.1 Å². The molecule has 1 aliphatic heterocycles. The molecule has 1 amide bonds. The molecule has 1 saturated heterocycles. The summed E-state index contributed by atoms with van der Waals surface area (Å²) >= 11 is 0. The van der Waals surface area contributed by atoms with Gasteiger partial charge < -0.3 is 10.2 Å². The number of rotatable bonds is 5. The number of hydrogen-bond donors (Lipinski definition) is 1. The minimum absolute atomic E-state index is 0. The van der Waals surface area contributed by atoms with Crippen LogP contribution in [0.4, 0.5) is 0 Å². The van der Waals surface area contributed by atoms with E-state index in [0.29, 0.717) is 5.92 Å². The molecule has 2 heterocycles. The van der Waals surface area contributed by atoms with E-state index in [2.05, 4.69) is 22.3 Å². The van der Waals surface area contributed by atoms with Crippen LogP contribution in [-0.2, 0) is 0 Å². The molecule has 0 spiro atoms. The van der Waals surface area contributed by atoms with Gasteiger partial charge >= 0.3 is 0 Å². The first kappa shape index (κ1) is 19.4. The van der Waals surface area contributed by atoms with Gasteiger partial charge in [-0.3, -0.25) is 4.79 Å². The summed E-state index contributed by atoms with van der Waals surface area (Å²) in [6.07, 6.45) is 5.32. The van der Waals surface area contributed by atoms with E-state index in [1.165, 1.54) is 6.33 Å². The van der Waals surface area contributed by atoms with E-state index in [1.54, 1.807) is 11.0 Å². The Hall–Kier alpha value is -1.92.